The molecule has 0 aliphatic heterocycles. The zero-order valence-electron chi connectivity index (χ0n) is 11.8. The number of carboxylic acids is 1. The second-order valence-electron chi connectivity index (χ2n) is 6.03. The van der Waals surface area contributed by atoms with Crippen LogP contribution in [0.15, 0.2) is 22.7 Å². The third-order valence-electron chi connectivity index (χ3n) is 4.51. The number of benzene rings is 1. The maximum atomic E-state index is 14.1. The van der Waals surface area contributed by atoms with Crippen LogP contribution < -0.4 is 0 Å². The maximum absolute atomic E-state index is 14.1. The quantitative estimate of drug-likeness (QED) is 0.854. The molecular weight excluding hydrogens is 323 g/mol. The molecule has 1 aliphatic rings. The molecule has 0 heterocycles. The number of halogens is 2. The predicted molar refractivity (Wildman–Crippen MR) is 80.1 cm³/mol. The van der Waals surface area contributed by atoms with E-state index in [-0.39, 0.29) is 11.7 Å². The summed E-state index contributed by atoms with van der Waals surface area (Å²) in [5.74, 6) is -0.846. The number of hydrogen-bond donors (Lipinski definition) is 1. The molecule has 1 aromatic carbocycles. The first-order chi connectivity index (χ1) is 9.40. The van der Waals surface area contributed by atoms with Crippen LogP contribution in [0.2, 0.25) is 0 Å². The van der Waals surface area contributed by atoms with Gasteiger partial charge in [-0.15, -0.1) is 0 Å². The highest BCUT2D eigenvalue weighted by Crippen LogP contribution is 2.44. The van der Waals surface area contributed by atoms with Crippen LogP contribution >= 0.6 is 15.9 Å². The topological polar surface area (TPSA) is 37.3 Å². The minimum Gasteiger partial charge on any atom is -0.481 e. The Morgan fingerprint density at radius 2 is 2.10 bits per heavy atom. The third kappa shape index (κ3) is 3.22. The Labute approximate surface area is 127 Å². The van der Waals surface area contributed by atoms with Gasteiger partial charge in [0.1, 0.15) is 5.82 Å². The normalized spacial score (nSPS) is 26.8. The molecule has 0 saturated heterocycles. The van der Waals surface area contributed by atoms with Crippen molar-refractivity contribution >= 4 is 21.9 Å². The zero-order chi connectivity index (χ0) is 14.9. The van der Waals surface area contributed by atoms with Crippen molar-refractivity contribution < 1.29 is 14.3 Å². The molecule has 1 fully saturated rings. The first kappa shape index (κ1) is 15.5. The van der Waals surface area contributed by atoms with Gasteiger partial charge >= 0.3 is 5.97 Å². The lowest BCUT2D eigenvalue weighted by atomic mass is 9.68. The smallest absolute Gasteiger partial charge is 0.307 e. The van der Waals surface area contributed by atoms with Crippen molar-refractivity contribution in [2.45, 2.75) is 39.0 Å². The van der Waals surface area contributed by atoms with Crippen LogP contribution in [-0.4, -0.2) is 11.1 Å². The molecular formula is C16H20BrFO2. The molecule has 20 heavy (non-hydrogen) atoms. The number of carboxylic acid groups (broad SMARTS) is 1. The summed E-state index contributed by atoms with van der Waals surface area (Å²) in [5.41, 5.74) is 0.539. The molecule has 0 amide bonds. The molecule has 0 bridgehead atoms. The van der Waals surface area contributed by atoms with Gasteiger partial charge in [0, 0.05) is 10.4 Å². The number of rotatable bonds is 3. The summed E-state index contributed by atoms with van der Waals surface area (Å²) in [6.07, 6.45) is 2.30. The average molecular weight is 343 g/mol. The Morgan fingerprint density at radius 1 is 1.40 bits per heavy atom. The number of hydrogen-bond acceptors (Lipinski definition) is 1. The highest BCUT2D eigenvalue weighted by atomic mass is 79.9. The maximum Gasteiger partial charge on any atom is 0.307 e. The third-order valence-corrected chi connectivity index (χ3v) is 5.00. The van der Waals surface area contributed by atoms with Gasteiger partial charge in [-0.05, 0) is 54.9 Å². The predicted octanol–water partition coefficient (Wildman–Crippen LogP) is 4.83. The van der Waals surface area contributed by atoms with E-state index in [0.717, 1.165) is 17.3 Å². The fourth-order valence-corrected chi connectivity index (χ4v) is 3.63. The minimum absolute atomic E-state index is 0.230. The first-order valence-corrected chi connectivity index (χ1v) is 7.87. The minimum atomic E-state index is -0.809. The molecule has 3 atom stereocenters. The Hall–Kier alpha value is -0.900. The van der Waals surface area contributed by atoms with Crippen LogP contribution in [0.25, 0.3) is 0 Å². The van der Waals surface area contributed by atoms with E-state index >= 15 is 0 Å². The number of aliphatic carboxylic acids is 1. The van der Waals surface area contributed by atoms with Crippen molar-refractivity contribution in [2.24, 2.45) is 17.8 Å². The monoisotopic (exact) mass is 342 g/mol. The van der Waals surface area contributed by atoms with Crippen molar-refractivity contribution in [2.75, 3.05) is 0 Å². The van der Waals surface area contributed by atoms with Crippen LogP contribution in [0.1, 0.15) is 44.6 Å². The fourth-order valence-electron chi connectivity index (χ4n) is 3.25. The van der Waals surface area contributed by atoms with Gasteiger partial charge in [-0.25, -0.2) is 4.39 Å². The molecule has 110 valence electrons. The highest BCUT2D eigenvalue weighted by molar-refractivity contribution is 9.10. The molecule has 0 aromatic heterocycles. The molecule has 1 saturated carbocycles. The summed E-state index contributed by atoms with van der Waals surface area (Å²) < 4.78 is 14.9. The molecule has 2 rings (SSSR count). The summed E-state index contributed by atoms with van der Waals surface area (Å²) in [6.45, 7) is 4.31. The van der Waals surface area contributed by atoms with E-state index in [9.17, 15) is 14.3 Å². The van der Waals surface area contributed by atoms with Gasteiger partial charge in [-0.3, -0.25) is 4.79 Å². The molecule has 1 aromatic rings. The Kier molecular flexibility index (Phi) is 4.84. The lowest BCUT2D eigenvalue weighted by Crippen LogP contribution is -2.31. The van der Waals surface area contributed by atoms with Crippen LogP contribution in [-0.2, 0) is 4.79 Å². The SMILES string of the molecule is CC(C)C1CCC(C(=O)O)C(c2cc(Br)ccc2F)C1. The van der Waals surface area contributed by atoms with Gasteiger partial charge in [0.2, 0.25) is 0 Å². The summed E-state index contributed by atoms with van der Waals surface area (Å²) in [5, 5.41) is 9.42. The van der Waals surface area contributed by atoms with Gasteiger partial charge in [-0.1, -0.05) is 29.8 Å². The molecule has 2 nitrogen and oxygen atoms in total. The standard InChI is InChI=1S/C16H20BrFO2/c1-9(2)10-3-5-12(16(19)20)13(7-10)14-8-11(17)4-6-15(14)18/h4,6,8-10,12-13H,3,5,7H2,1-2H3,(H,19,20). The number of carbonyl (C=O) groups is 1. The Bertz CT molecular complexity index is 501. The summed E-state index contributed by atoms with van der Waals surface area (Å²) in [7, 11) is 0. The summed E-state index contributed by atoms with van der Waals surface area (Å²) in [6, 6.07) is 4.80. The van der Waals surface area contributed by atoms with E-state index in [1.807, 2.05) is 0 Å². The second kappa shape index (κ2) is 6.25. The first-order valence-electron chi connectivity index (χ1n) is 7.08. The van der Waals surface area contributed by atoms with Gasteiger partial charge in [-0.2, -0.15) is 0 Å². The van der Waals surface area contributed by atoms with Gasteiger partial charge < -0.3 is 5.11 Å². The highest BCUT2D eigenvalue weighted by Gasteiger charge is 2.38. The van der Waals surface area contributed by atoms with Crippen LogP contribution in [0.3, 0.4) is 0 Å². The fraction of sp³-hybridized carbons (Fsp3) is 0.562. The lowest BCUT2D eigenvalue weighted by molar-refractivity contribution is -0.144. The van der Waals surface area contributed by atoms with E-state index in [0.29, 0.717) is 23.8 Å². The van der Waals surface area contributed by atoms with Gasteiger partial charge in [0.25, 0.3) is 0 Å². The van der Waals surface area contributed by atoms with Crippen molar-refractivity contribution in [3.63, 3.8) is 0 Å². The van der Waals surface area contributed by atoms with E-state index in [2.05, 4.69) is 29.8 Å². The summed E-state index contributed by atoms with van der Waals surface area (Å²) in [4.78, 5) is 11.5. The Balaban J connectivity index is 2.36. The molecule has 1 N–H and O–H groups in total. The van der Waals surface area contributed by atoms with Gasteiger partial charge in [0.15, 0.2) is 0 Å². The van der Waals surface area contributed by atoms with Crippen molar-refractivity contribution in [1.29, 1.82) is 0 Å². The lowest BCUT2D eigenvalue weighted by Gasteiger charge is -2.36. The van der Waals surface area contributed by atoms with E-state index in [4.69, 9.17) is 0 Å². The van der Waals surface area contributed by atoms with Crippen LogP contribution in [0.5, 0.6) is 0 Å². The van der Waals surface area contributed by atoms with Gasteiger partial charge in [0.05, 0.1) is 5.92 Å². The largest absolute Gasteiger partial charge is 0.481 e. The second-order valence-corrected chi connectivity index (χ2v) is 6.95. The van der Waals surface area contributed by atoms with Crippen LogP contribution in [0.4, 0.5) is 4.39 Å². The van der Waals surface area contributed by atoms with E-state index in [1.54, 1.807) is 12.1 Å². The average Bonchev–Trinajstić information content (AvgIpc) is 2.40. The molecule has 0 spiro atoms. The molecule has 0 radical (unpaired) electrons. The Morgan fingerprint density at radius 3 is 2.70 bits per heavy atom. The molecule has 1 aliphatic carbocycles. The molecule has 4 heteroatoms. The van der Waals surface area contributed by atoms with Crippen molar-refractivity contribution in [3.05, 3.63) is 34.1 Å². The van der Waals surface area contributed by atoms with E-state index < -0.39 is 11.9 Å². The zero-order valence-corrected chi connectivity index (χ0v) is 13.4. The van der Waals surface area contributed by atoms with Crippen LogP contribution in [0, 0.1) is 23.6 Å². The summed E-state index contributed by atoms with van der Waals surface area (Å²) >= 11 is 3.35. The van der Waals surface area contributed by atoms with Crippen molar-refractivity contribution in [1.82, 2.24) is 0 Å². The molecule has 3 unspecified atom stereocenters. The van der Waals surface area contributed by atoms with Crippen molar-refractivity contribution in [3.8, 4) is 0 Å². The van der Waals surface area contributed by atoms with E-state index in [1.165, 1.54) is 6.07 Å².